The third-order valence-corrected chi connectivity index (χ3v) is 6.57. The number of hydrogen-bond acceptors (Lipinski definition) is 5. The predicted molar refractivity (Wildman–Crippen MR) is 119 cm³/mol. The highest BCUT2D eigenvalue weighted by Gasteiger charge is 2.53. The first-order chi connectivity index (χ1) is 15.1. The number of carbonyl (C=O) groups excluding carboxylic acids is 2. The summed E-state index contributed by atoms with van der Waals surface area (Å²) in [6, 6.07) is 9.26. The van der Waals surface area contributed by atoms with Crippen LogP contribution < -0.4 is 5.84 Å². The molecule has 3 rings (SSSR count). The van der Waals surface area contributed by atoms with Crippen LogP contribution in [0, 0.1) is 22.7 Å². The van der Waals surface area contributed by atoms with Crippen molar-refractivity contribution in [3.8, 4) is 6.07 Å². The maximum atomic E-state index is 12.6. The number of hydrazine groups is 1. The summed E-state index contributed by atoms with van der Waals surface area (Å²) in [5.41, 5.74) is 0.349. The van der Waals surface area contributed by atoms with E-state index in [2.05, 4.69) is 0 Å². The Morgan fingerprint density at radius 3 is 2.58 bits per heavy atom. The van der Waals surface area contributed by atoms with Gasteiger partial charge in [-0.2, -0.15) is 5.26 Å². The van der Waals surface area contributed by atoms with Crippen LogP contribution in [0.4, 0.5) is 0 Å². The molecule has 2 aliphatic carbocycles. The zero-order chi connectivity index (χ0) is 22.1. The number of nitrogens with zero attached hydrogens (tertiary/aromatic N) is 2. The van der Waals surface area contributed by atoms with Crippen molar-refractivity contribution >= 4 is 11.8 Å². The van der Waals surface area contributed by atoms with Gasteiger partial charge in [0.25, 0.3) is 11.8 Å². The Kier molecular flexibility index (Phi) is 8.62. The van der Waals surface area contributed by atoms with Crippen molar-refractivity contribution in [2.24, 2.45) is 17.2 Å². The summed E-state index contributed by atoms with van der Waals surface area (Å²) in [6.07, 6.45) is 13.0. The Morgan fingerprint density at radius 1 is 1.13 bits per heavy atom. The van der Waals surface area contributed by atoms with Gasteiger partial charge in [-0.1, -0.05) is 44.2 Å². The summed E-state index contributed by atoms with van der Waals surface area (Å²) >= 11 is 0. The summed E-state index contributed by atoms with van der Waals surface area (Å²) in [5.74, 6) is 5.37. The maximum absolute atomic E-state index is 12.6. The molecule has 2 saturated carbocycles. The summed E-state index contributed by atoms with van der Waals surface area (Å²) in [6.45, 7) is 1.78. The molecule has 2 fully saturated rings. The van der Waals surface area contributed by atoms with E-state index in [-0.39, 0.29) is 0 Å². The lowest BCUT2D eigenvalue weighted by molar-refractivity contribution is -0.132. The molecule has 6 heteroatoms. The highest BCUT2D eigenvalue weighted by atomic mass is 16.5. The van der Waals surface area contributed by atoms with E-state index in [4.69, 9.17) is 15.8 Å². The lowest BCUT2D eigenvalue weighted by Crippen LogP contribution is -2.46. The molecule has 0 aromatic heterocycles. The molecule has 0 unspecified atom stereocenters. The molecule has 0 spiro atoms. The van der Waals surface area contributed by atoms with Crippen molar-refractivity contribution in [1.82, 2.24) is 5.01 Å². The minimum atomic E-state index is -1.10. The van der Waals surface area contributed by atoms with Crippen LogP contribution in [-0.4, -0.2) is 30.0 Å². The number of carbonyl (C=O) groups is 2. The number of unbranched alkanes of at least 4 members (excludes halogenated alkanes) is 3. The van der Waals surface area contributed by atoms with Crippen LogP contribution in [0.1, 0.15) is 86.6 Å². The first-order valence-electron chi connectivity index (χ1n) is 11.8. The van der Waals surface area contributed by atoms with Gasteiger partial charge in [-0.3, -0.25) is 9.59 Å². The average molecular weight is 426 g/mol. The third kappa shape index (κ3) is 6.62. The van der Waals surface area contributed by atoms with Crippen LogP contribution >= 0.6 is 0 Å². The quantitative estimate of drug-likeness (QED) is 0.185. The number of ether oxygens (including phenoxy) is 1. The Bertz CT molecular complexity index is 791. The fourth-order valence-electron chi connectivity index (χ4n) is 4.31. The molecule has 168 valence electrons. The zero-order valence-electron chi connectivity index (χ0n) is 18.5. The lowest BCUT2D eigenvalue weighted by atomic mass is 9.90. The number of aryl methyl sites for hydroxylation is 1. The van der Waals surface area contributed by atoms with Crippen LogP contribution in [0.2, 0.25) is 0 Å². The molecule has 2 N–H and O–H groups in total. The number of amides is 2. The van der Waals surface area contributed by atoms with Gasteiger partial charge in [0.15, 0.2) is 0 Å². The van der Waals surface area contributed by atoms with E-state index < -0.39 is 17.2 Å². The van der Waals surface area contributed by atoms with Gasteiger partial charge in [0.05, 0.1) is 6.07 Å². The number of nitrogens with two attached hydrogens (primary N) is 1. The minimum absolute atomic E-state index is 0.387. The van der Waals surface area contributed by atoms with Crippen LogP contribution in [0.15, 0.2) is 24.3 Å². The molecular weight excluding hydrogens is 390 g/mol. The summed E-state index contributed by atoms with van der Waals surface area (Å²) in [5, 5.41) is 9.76. The van der Waals surface area contributed by atoms with Crippen molar-refractivity contribution in [2.75, 3.05) is 13.2 Å². The molecule has 2 amide bonds. The van der Waals surface area contributed by atoms with E-state index in [1.165, 1.54) is 32.1 Å². The van der Waals surface area contributed by atoms with Crippen molar-refractivity contribution in [3.63, 3.8) is 0 Å². The van der Waals surface area contributed by atoms with E-state index in [1.807, 2.05) is 18.2 Å². The maximum Gasteiger partial charge on any atom is 0.274 e. The van der Waals surface area contributed by atoms with E-state index in [1.54, 1.807) is 12.1 Å². The molecule has 0 aliphatic heterocycles. The fraction of sp³-hybridized carbons (Fsp3) is 0.640. The Balaban J connectivity index is 1.33. The monoisotopic (exact) mass is 425 g/mol. The molecule has 31 heavy (non-hydrogen) atoms. The van der Waals surface area contributed by atoms with Gasteiger partial charge in [-0.15, -0.1) is 0 Å². The molecule has 2 aliphatic rings. The molecule has 0 radical (unpaired) electrons. The average Bonchev–Trinajstić information content (AvgIpc) is 3.61. The van der Waals surface area contributed by atoms with E-state index in [0.717, 1.165) is 56.8 Å². The first kappa shape index (κ1) is 23.4. The third-order valence-electron chi connectivity index (χ3n) is 6.57. The minimum Gasteiger partial charge on any atom is -0.381 e. The van der Waals surface area contributed by atoms with Gasteiger partial charge in [0.1, 0.15) is 5.41 Å². The Labute approximate surface area is 185 Å². The van der Waals surface area contributed by atoms with Gasteiger partial charge in [0, 0.05) is 18.8 Å². The van der Waals surface area contributed by atoms with E-state index in [9.17, 15) is 9.59 Å². The van der Waals surface area contributed by atoms with Gasteiger partial charge in [-0.05, 0) is 68.6 Å². The summed E-state index contributed by atoms with van der Waals surface area (Å²) < 4.78 is 5.86. The molecule has 0 saturated heterocycles. The molecule has 1 aromatic carbocycles. The van der Waals surface area contributed by atoms with Gasteiger partial charge >= 0.3 is 0 Å². The number of imide groups is 1. The normalized spacial score (nSPS) is 17.7. The van der Waals surface area contributed by atoms with Crippen molar-refractivity contribution < 1.29 is 14.3 Å². The van der Waals surface area contributed by atoms with Crippen molar-refractivity contribution in [2.45, 2.75) is 77.0 Å². The summed E-state index contributed by atoms with van der Waals surface area (Å²) in [4.78, 5) is 24.9. The topological polar surface area (TPSA) is 96.4 Å². The SMILES string of the molecule is N#CC1(C(=O)N(N)C(=O)c2cccc(CCCCCCOCC3CCCCC3)c2)CC1. The van der Waals surface area contributed by atoms with Crippen molar-refractivity contribution in [1.29, 1.82) is 5.26 Å². The summed E-state index contributed by atoms with van der Waals surface area (Å²) in [7, 11) is 0. The second-order valence-corrected chi connectivity index (χ2v) is 9.12. The number of hydrogen-bond donors (Lipinski definition) is 1. The van der Waals surface area contributed by atoms with Crippen LogP contribution in [-0.2, 0) is 16.0 Å². The van der Waals surface area contributed by atoms with Gasteiger partial charge in [0.2, 0.25) is 0 Å². The standard InChI is InChI=1S/C25H35N3O3/c26-19-25(14-15-25)24(30)28(27)23(29)22-13-8-12-20(17-22)9-4-1-2-7-16-31-18-21-10-5-3-6-11-21/h8,12-13,17,21H,1-7,9-11,14-16,18,27H2. The zero-order valence-corrected chi connectivity index (χ0v) is 18.5. The van der Waals surface area contributed by atoms with E-state index in [0.29, 0.717) is 23.4 Å². The second kappa shape index (κ2) is 11.4. The van der Waals surface area contributed by atoms with E-state index >= 15 is 0 Å². The molecule has 6 nitrogen and oxygen atoms in total. The number of rotatable bonds is 11. The lowest BCUT2D eigenvalue weighted by Gasteiger charge is -2.21. The molecule has 0 bridgehead atoms. The molecule has 0 heterocycles. The largest absolute Gasteiger partial charge is 0.381 e. The molecule has 0 atom stereocenters. The van der Waals surface area contributed by atoms with Gasteiger partial charge < -0.3 is 4.74 Å². The highest BCUT2D eigenvalue weighted by Crippen LogP contribution is 2.46. The Morgan fingerprint density at radius 2 is 1.87 bits per heavy atom. The van der Waals surface area contributed by atoms with Crippen molar-refractivity contribution in [3.05, 3.63) is 35.4 Å². The van der Waals surface area contributed by atoms with Crippen LogP contribution in [0.3, 0.4) is 0 Å². The van der Waals surface area contributed by atoms with Gasteiger partial charge in [-0.25, -0.2) is 10.9 Å². The number of nitriles is 1. The molecule has 1 aromatic rings. The number of benzene rings is 1. The first-order valence-corrected chi connectivity index (χ1v) is 11.8. The predicted octanol–water partition coefficient (Wildman–Crippen LogP) is 4.53. The fourth-order valence-corrected chi connectivity index (χ4v) is 4.31. The molecular formula is C25H35N3O3. The van der Waals surface area contributed by atoms with Crippen LogP contribution in [0.25, 0.3) is 0 Å². The second-order valence-electron chi connectivity index (χ2n) is 9.12. The Hall–Kier alpha value is -2.23. The highest BCUT2D eigenvalue weighted by molar-refractivity contribution is 6.07. The van der Waals surface area contributed by atoms with Crippen LogP contribution in [0.5, 0.6) is 0 Å². The smallest absolute Gasteiger partial charge is 0.274 e.